The van der Waals surface area contributed by atoms with Gasteiger partial charge in [-0.15, -0.1) is 0 Å². The third kappa shape index (κ3) is 6.19. The van der Waals surface area contributed by atoms with Crippen LogP contribution in [0, 0.1) is 0 Å². The maximum atomic E-state index is 11.8. The predicted octanol–water partition coefficient (Wildman–Crippen LogP) is 2.29. The van der Waals surface area contributed by atoms with Gasteiger partial charge in [-0.25, -0.2) is 4.79 Å². The number of rotatable bonds is 6. The predicted molar refractivity (Wildman–Crippen MR) is 63.5 cm³/mol. The number of benzene rings is 1. The maximum Gasteiger partial charge on any atom is 0.411 e. The number of aromatic carboxylic acids is 1. The number of carbonyl (C=O) groups is 2. The molecule has 0 saturated carbocycles. The van der Waals surface area contributed by atoms with Crippen LogP contribution >= 0.6 is 0 Å². The molecule has 0 spiro atoms. The van der Waals surface area contributed by atoms with Gasteiger partial charge in [0.05, 0.1) is 18.6 Å². The van der Waals surface area contributed by atoms with Crippen LogP contribution in [-0.2, 0) is 9.53 Å². The molecule has 0 aliphatic heterocycles. The third-order valence-electron chi connectivity index (χ3n) is 2.15. The SMILES string of the molecule is O=C(CCOCC(F)(F)F)Nc1ccc(C(=O)O)cc1. The number of carboxylic acid groups (broad SMARTS) is 1. The van der Waals surface area contributed by atoms with Crippen molar-refractivity contribution in [2.75, 3.05) is 18.5 Å². The number of hydrogen-bond donors (Lipinski definition) is 2. The summed E-state index contributed by atoms with van der Waals surface area (Å²) < 4.78 is 39.6. The molecule has 0 aliphatic rings. The Balaban J connectivity index is 2.33. The van der Waals surface area contributed by atoms with Gasteiger partial charge in [0.1, 0.15) is 6.61 Å². The second kappa shape index (κ2) is 6.90. The van der Waals surface area contributed by atoms with Gasteiger partial charge >= 0.3 is 12.1 Å². The molecule has 20 heavy (non-hydrogen) atoms. The van der Waals surface area contributed by atoms with Crippen LogP contribution in [0.5, 0.6) is 0 Å². The van der Waals surface area contributed by atoms with Crippen LogP contribution in [-0.4, -0.2) is 36.4 Å². The highest BCUT2D eigenvalue weighted by Gasteiger charge is 2.27. The Morgan fingerprint density at radius 2 is 1.80 bits per heavy atom. The summed E-state index contributed by atoms with van der Waals surface area (Å²) >= 11 is 0. The summed E-state index contributed by atoms with van der Waals surface area (Å²) in [4.78, 5) is 22.0. The lowest BCUT2D eigenvalue weighted by Gasteiger charge is -2.08. The van der Waals surface area contributed by atoms with Gasteiger partial charge in [0.25, 0.3) is 0 Å². The van der Waals surface area contributed by atoms with Gasteiger partial charge in [0.2, 0.25) is 5.91 Å². The second-order valence-corrected chi connectivity index (χ2v) is 3.85. The third-order valence-corrected chi connectivity index (χ3v) is 2.15. The van der Waals surface area contributed by atoms with Crippen molar-refractivity contribution in [1.82, 2.24) is 0 Å². The molecule has 0 atom stereocenters. The van der Waals surface area contributed by atoms with Crippen LogP contribution in [0.2, 0.25) is 0 Å². The van der Waals surface area contributed by atoms with Gasteiger partial charge < -0.3 is 15.2 Å². The number of nitrogens with one attached hydrogen (secondary N) is 1. The molecule has 2 N–H and O–H groups in total. The molecule has 0 fully saturated rings. The van der Waals surface area contributed by atoms with Crippen LogP contribution in [0.4, 0.5) is 18.9 Å². The van der Waals surface area contributed by atoms with Crippen LogP contribution in [0.15, 0.2) is 24.3 Å². The molecule has 0 unspecified atom stereocenters. The number of ether oxygens (including phenoxy) is 1. The molecule has 110 valence electrons. The normalized spacial score (nSPS) is 11.2. The van der Waals surface area contributed by atoms with E-state index in [4.69, 9.17) is 5.11 Å². The van der Waals surface area contributed by atoms with E-state index in [2.05, 4.69) is 10.1 Å². The minimum atomic E-state index is -4.41. The molecule has 5 nitrogen and oxygen atoms in total. The fourth-order valence-electron chi connectivity index (χ4n) is 1.27. The van der Waals surface area contributed by atoms with Crippen molar-refractivity contribution in [3.8, 4) is 0 Å². The van der Waals surface area contributed by atoms with Crippen molar-refractivity contribution in [3.63, 3.8) is 0 Å². The van der Waals surface area contributed by atoms with Gasteiger partial charge in [-0.05, 0) is 24.3 Å². The van der Waals surface area contributed by atoms with Gasteiger partial charge in [0, 0.05) is 5.69 Å². The largest absolute Gasteiger partial charge is 0.478 e. The monoisotopic (exact) mass is 291 g/mol. The lowest BCUT2D eigenvalue weighted by atomic mass is 10.2. The number of carbonyl (C=O) groups excluding carboxylic acids is 1. The number of hydrogen-bond acceptors (Lipinski definition) is 3. The number of carboxylic acids is 1. The average Bonchev–Trinajstić information content (AvgIpc) is 2.34. The highest BCUT2D eigenvalue weighted by atomic mass is 19.4. The van der Waals surface area contributed by atoms with E-state index < -0.39 is 24.7 Å². The van der Waals surface area contributed by atoms with E-state index in [0.29, 0.717) is 5.69 Å². The zero-order valence-electron chi connectivity index (χ0n) is 10.2. The topological polar surface area (TPSA) is 75.6 Å². The second-order valence-electron chi connectivity index (χ2n) is 3.85. The fourth-order valence-corrected chi connectivity index (χ4v) is 1.27. The van der Waals surface area contributed by atoms with Crippen LogP contribution in [0.3, 0.4) is 0 Å². The molecule has 0 aromatic heterocycles. The Hall–Kier alpha value is -2.09. The molecular weight excluding hydrogens is 279 g/mol. The van der Waals surface area contributed by atoms with Crippen molar-refractivity contribution in [1.29, 1.82) is 0 Å². The number of halogens is 3. The van der Waals surface area contributed by atoms with E-state index in [1.165, 1.54) is 24.3 Å². The summed E-state index contributed by atoms with van der Waals surface area (Å²) in [6.45, 7) is -1.74. The Kier molecular flexibility index (Phi) is 5.51. The molecule has 0 radical (unpaired) electrons. The zero-order chi connectivity index (χ0) is 15.2. The first kappa shape index (κ1) is 16.0. The first-order chi connectivity index (χ1) is 9.28. The quantitative estimate of drug-likeness (QED) is 0.788. The smallest absolute Gasteiger partial charge is 0.411 e. The van der Waals surface area contributed by atoms with Crippen molar-refractivity contribution < 1.29 is 32.6 Å². The molecule has 1 rings (SSSR count). The van der Waals surface area contributed by atoms with E-state index in [1.807, 2.05) is 0 Å². The minimum absolute atomic E-state index is 0.0662. The van der Waals surface area contributed by atoms with Gasteiger partial charge in [-0.2, -0.15) is 13.2 Å². The number of amides is 1. The van der Waals surface area contributed by atoms with Gasteiger partial charge in [0.15, 0.2) is 0 Å². The van der Waals surface area contributed by atoms with Crippen LogP contribution < -0.4 is 5.32 Å². The summed E-state index contributed by atoms with van der Waals surface area (Å²) in [5, 5.41) is 11.1. The van der Waals surface area contributed by atoms with Crippen LogP contribution in [0.1, 0.15) is 16.8 Å². The lowest BCUT2D eigenvalue weighted by molar-refractivity contribution is -0.174. The summed E-state index contributed by atoms with van der Waals surface area (Å²) in [5.74, 6) is -1.61. The first-order valence-electron chi connectivity index (χ1n) is 5.55. The molecule has 8 heteroatoms. The molecule has 0 saturated heterocycles. The first-order valence-corrected chi connectivity index (χ1v) is 5.55. The lowest BCUT2D eigenvalue weighted by Crippen LogP contribution is -2.20. The van der Waals surface area contributed by atoms with E-state index in [-0.39, 0.29) is 18.6 Å². The molecule has 1 amide bonds. The Morgan fingerprint density at radius 3 is 2.30 bits per heavy atom. The standard InChI is InChI=1S/C12H12F3NO4/c13-12(14,15)7-20-6-5-10(17)16-9-3-1-8(2-4-9)11(18)19/h1-4H,5-7H2,(H,16,17)(H,18,19). The van der Waals surface area contributed by atoms with Gasteiger partial charge in [-0.1, -0.05) is 0 Å². The molecular formula is C12H12F3NO4. The van der Waals surface area contributed by atoms with Crippen molar-refractivity contribution >= 4 is 17.6 Å². The van der Waals surface area contributed by atoms with Crippen LogP contribution in [0.25, 0.3) is 0 Å². The fraction of sp³-hybridized carbons (Fsp3) is 0.333. The van der Waals surface area contributed by atoms with Gasteiger partial charge in [-0.3, -0.25) is 4.79 Å². The highest BCUT2D eigenvalue weighted by Crippen LogP contribution is 2.14. The summed E-state index contributed by atoms with van der Waals surface area (Å²) in [6, 6.07) is 5.38. The highest BCUT2D eigenvalue weighted by molar-refractivity contribution is 5.92. The molecule has 1 aromatic carbocycles. The molecule has 1 aromatic rings. The van der Waals surface area contributed by atoms with Crippen molar-refractivity contribution in [3.05, 3.63) is 29.8 Å². The van der Waals surface area contributed by atoms with E-state index in [0.717, 1.165) is 0 Å². The van der Waals surface area contributed by atoms with E-state index in [1.54, 1.807) is 0 Å². The molecule has 0 heterocycles. The molecule has 0 aliphatic carbocycles. The maximum absolute atomic E-state index is 11.8. The Morgan fingerprint density at radius 1 is 1.20 bits per heavy atom. The zero-order valence-corrected chi connectivity index (χ0v) is 10.2. The Labute approximate surface area is 112 Å². The average molecular weight is 291 g/mol. The number of anilines is 1. The number of alkyl halides is 3. The summed E-state index contributed by atoms with van der Waals surface area (Å²) in [5.41, 5.74) is 0.423. The van der Waals surface area contributed by atoms with E-state index in [9.17, 15) is 22.8 Å². The van der Waals surface area contributed by atoms with E-state index >= 15 is 0 Å². The Bertz CT molecular complexity index is 471. The summed E-state index contributed by atoms with van der Waals surface area (Å²) in [6.07, 6.45) is -4.64. The minimum Gasteiger partial charge on any atom is -0.478 e. The molecule has 0 bridgehead atoms. The van der Waals surface area contributed by atoms with Crippen molar-refractivity contribution in [2.24, 2.45) is 0 Å². The summed E-state index contributed by atoms with van der Waals surface area (Å²) in [7, 11) is 0. The van der Waals surface area contributed by atoms with Crippen molar-refractivity contribution in [2.45, 2.75) is 12.6 Å².